The number of nitrogens with one attached hydrogen (secondary N) is 2. The van der Waals surface area contributed by atoms with Crippen molar-refractivity contribution in [3.8, 4) is 0 Å². The zero-order chi connectivity index (χ0) is 20.1. The molecule has 5 heteroatoms. The van der Waals surface area contributed by atoms with Crippen molar-refractivity contribution < 1.29 is 4.79 Å². The fourth-order valence-corrected chi connectivity index (χ4v) is 3.54. The van der Waals surface area contributed by atoms with E-state index in [0.717, 1.165) is 37.6 Å². The summed E-state index contributed by atoms with van der Waals surface area (Å²) in [6.07, 6.45) is 2.74. The highest BCUT2D eigenvalue weighted by Gasteiger charge is 2.23. The maximum atomic E-state index is 12.4. The van der Waals surface area contributed by atoms with E-state index in [1.165, 1.54) is 11.1 Å². The number of nitrogens with zero attached hydrogens (tertiary/aromatic N) is 2. The Bertz CT molecular complexity index is 939. The third kappa shape index (κ3) is 5.00. The second kappa shape index (κ2) is 8.88. The second-order valence-electron chi connectivity index (χ2n) is 7.52. The molecule has 0 radical (unpaired) electrons. The number of aromatic nitrogens is 1. The van der Waals surface area contributed by atoms with Crippen LogP contribution in [0.15, 0.2) is 72.9 Å². The Morgan fingerprint density at radius 2 is 1.86 bits per heavy atom. The molecule has 0 bridgehead atoms. The van der Waals surface area contributed by atoms with E-state index < -0.39 is 0 Å². The Balaban J connectivity index is 1.30. The average molecular weight is 386 g/mol. The quantitative estimate of drug-likeness (QED) is 0.672. The van der Waals surface area contributed by atoms with Gasteiger partial charge in [-0.25, -0.2) is 4.98 Å². The lowest BCUT2D eigenvalue weighted by atomic mass is 10.1. The molecular formula is C24H26N4O. The first-order valence-corrected chi connectivity index (χ1v) is 10.0. The number of aryl methyl sites for hydroxylation is 1. The minimum absolute atomic E-state index is 0.144. The van der Waals surface area contributed by atoms with Gasteiger partial charge in [-0.15, -0.1) is 0 Å². The minimum atomic E-state index is -0.144. The topological polar surface area (TPSA) is 57.3 Å². The van der Waals surface area contributed by atoms with Crippen molar-refractivity contribution >= 4 is 17.4 Å². The van der Waals surface area contributed by atoms with Gasteiger partial charge in [0, 0.05) is 37.6 Å². The van der Waals surface area contributed by atoms with Gasteiger partial charge in [0.25, 0.3) is 5.91 Å². The molecule has 148 valence electrons. The number of pyridine rings is 1. The summed E-state index contributed by atoms with van der Waals surface area (Å²) in [7, 11) is 0. The number of rotatable bonds is 6. The highest BCUT2D eigenvalue weighted by atomic mass is 16.1. The van der Waals surface area contributed by atoms with Crippen LogP contribution < -0.4 is 15.5 Å². The van der Waals surface area contributed by atoms with Crippen LogP contribution in [-0.2, 0) is 6.54 Å². The van der Waals surface area contributed by atoms with E-state index in [1.807, 2.05) is 42.5 Å². The lowest BCUT2D eigenvalue weighted by Crippen LogP contribution is -2.32. The number of hydrogen-bond acceptors (Lipinski definition) is 4. The van der Waals surface area contributed by atoms with Crippen molar-refractivity contribution in [3.05, 3.63) is 89.6 Å². The van der Waals surface area contributed by atoms with Crippen LogP contribution in [0, 0.1) is 6.92 Å². The molecule has 1 aromatic heterocycles. The Hall–Kier alpha value is -3.18. The molecule has 1 aliphatic heterocycles. The van der Waals surface area contributed by atoms with Crippen LogP contribution >= 0.6 is 0 Å². The van der Waals surface area contributed by atoms with Crippen LogP contribution in [0.2, 0.25) is 0 Å². The molecular weight excluding hydrogens is 360 g/mol. The molecule has 29 heavy (non-hydrogen) atoms. The molecule has 0 spiro atoms. The number of amides is 1. The second-order valence-corrected chi connectivity index (χ2v) is 7.52. The largest absolute Gasteiger partial charge is 0.355 e. The average Bonchev–Trinajstić information content (AvgIpc) is 3.23. The number of anilines is 2. The summed E-state index contributed by atoms with van der Waals surface area (Å²) in [5.41, 5.74) is 3.93. The number of carbonyl (C=O) groups is 1. The van der Waals surface area contributed by atoms with Gasteiger partial charge >= 0.3 is 0 Å². The number of carbonyl (C=O) groups excluding carboxylic acids is 1. The van der Waals surface area contributed by atoms with Crippen LogP contribution in [0.1, 0.15) is 27.9 Å². The van der Waals surface area contributed by atoms with Gasteiger partial charge in [0.2, 0.25) is 0 Å². The first-order chi connectivity index (χ1) is 14.2. The third-order valence-corrected chi connectivity index (χ3v) is 5.27. The Morgan fingerprint density at radius 1 is 1.07 bits per heavy atom. The van der Waals surface area contributed by atoms with Gasteiger partial charge in [-0.3, -0.25) is 4.79 Å². The molecule has 1 saturated heterocycles. The summed E-state index contributed by atoms with van der Waals surface area (Å²) in [5.74, 6) is 0.773. The normalized spacial score (nSPS) is 16.0. The number of hydrogen-bond donors (Lipinski definition) is 2. The lowest BCUT2D eigenvalue weighted by Gasteiger charge is -2.18. The maximum Gasteiger partial charge on any atom is 0.257 e. The lowest BCUT2D eigenvalue weighted by molar-refractivity contribution is 0.102. The molecule has 3 aromatic rings. The van der Waals surface area contributed by atoms with Gasteiger partial charge in [0.15, 0.2) is 0 Å². The van der Waals surface area contributed by atoms with E-state index in [1.54, 1.807) is 6.20 Å². The first kappa shape index (κ1) is 19.2. The van der Waals surface area contributed by atoms with E-state index in [-0.39, 0.29) is 5.91 Å². The number of para-hydroxylation sites is 1. The van der Waals surface area contributed by atoms with Gasteiger partial charge in [-0.05, 0) is 43.2 Å². The smallest absolute Gasteiger partial charge is 0.257 e. The van der Waals surface area contributed by atoms with Crippen molar-refractivity contribution in [2.45, 2.75) is 25.9 Å². The molecule has 0 saturated carbocycles. The molecule has 1 fully saturated rings. The standard InChI is InChI=1S/C24H26N4O/c1-18-7-9-19(10-8-18)15-25-22-13-14-28(17-22)23-12-11-20(16-26-23)24(29)27-21-5-3-2-4-6-21/h2-12,16,22,25H,13-15,17H2,1H3,(H,27,29)/t22-/m0/s1. The van der Waals surface area contributed by atoms with Crippen molar-refractivity contribution in [2.75, 3.05) is 23.3 Å². The Morgan fingerprint density at radius 3 is 2.59 bits per heavy atom. The highest BCUT2D eigenvalue weighted by Crippen LogP contribution is 2.19. The predicted molar refractivity (Wildman–Crippen MR) is 117 cm³/mol. The summed E-state index contributed by atoms with van der Waals surface area (Å²) >= 11 is 0. The fraction of sp³-hybridized carbons (Fsp3) is 0.250. The predicted octanol–water partition coefficient (Wildman–Crippen LogP) is 4.01. The van der Waals surface area contributed by atoms with Crippen molar-refractivity contribution in [2.24, 2.45) is 0 Å². The zero-order valence-corrected chi connectivity index (χ0v) is 16.6. The summed E-state index contributed by atoms with van der Waals surface area (Å²) < 4.78 is 0. The summed E-state index contributed by atoms with van der Waals surface area (Å²) in [5, 5.41) is 6.53. The van der Waals surface area contributed by atoms with E-state index in [4.69, 9.17) is 0 Å². The van der Waals surface area contributed by atoms with Gasteiger partial charge in [0.1, 0.15) is 5.82 Å². The molecule has 2 N–H and O–H groups in total. The molecule has 4 rings (SSSR count). The van der Waals surface area contributed by atoms with Gasteiger partial charge in [0.05, 0.1) is 5.56 Å². The molecule has 2 aromatic carbocycles. The summed E-state index contributed by atoms with van der Waals surface area (Å²) in [6, 6.07) is 22.3. The van der Waals surface area contributed by atoms with Crippen molar-refractivity contribution in [1.82, 2.24) is 10.3 Å². The van der Waals surface area contributed by atoms with E-state index in [0.29, 0.717) is 11.6 Å². The Kier molecular flexibility index (Phi) is 5.86. The van der Waals surface area contributed by atoms with Crippen LogP contribution in [0.3, 0.4) is 0 Å². The number of benzene rings is 2. The SMILES string of the molecule is Cc1ccc(CN[C@H]2CCN(c3ccc(C(=O)Nc4ccccc4)cn3)C2)cc1. The zero-order valence-electron chi connectivity index (χ0n) is 16.6. The minimum Gasteiger partial charge on any atom is -0.355 e. The fourth-order valence-electron chi connectivity index (χ4n) is 3.54. The van der Waals surface area contributed by atoms with E-state index in [2.05, 4.69) is 51.7 Å². The molecule has 5 nitrogen and oxygen atoms in total. The molecule has 0 aliphatic carbocycles. The van der Waals surface area contributed by atoms with Gasteiger partial charge < -0.3 is 15.5 Å². The van der Waals surface area contributed by atoms with Crippen LogP contribution in [0.5, 0.6) is 0 Å². The third-order valence-electron chi connectivity index (χ3n) is 5.27. The van der Waals surface area contributed by atoms with Gasteiger partial charge in [-0.1, -0.05) is 48.0 Å². The first-order valence-electron chi connectivity index (χ1n) is 10.0. The van der Waals surface area contributed by atoms with Crippen molar-refractivity contribution in [3.63, 3.8) is 0 Å². The molecule has 0 unspecified atom stereocenters. The molecule has 1 amide bonds. The molecule has 2 heterocycles. The summed E-state index contributed by atoms with van der Waals surface area (Å²) in [6.45, 7) is 4.88. The monoisotopic (exact) mass is 386 g/mol. The van der Waals surface area contributed by atoms with Crippen molar-refractivity contribution in [1.29, 1.82) is 0 Å². The van der Waals surface area contributed by atoms with Crippen LogP contribution in [0.4, 0.5) is 11.5 Å². The summed E-state index contributed by atoms with van der Waals surface area (Å²) in [4.78, 5) is 19.2. The Labute approximate surface area is 171 Å². The van der Waals surface area contributed by atoms with E-state index >= 15 is 0 Å². The van der Waals surface area contributed by atoms with Crippen LogP contribution in [0.25, 0.3) is 0 Å². The van der Waals surface area contributed by atoms with Crippen LogP contribution in [-0.4, -0.2) is 30.0 Å². The highest BCUT2D eigenvalue weighted by molar-refractivity contribution is 6.04. The maximum absolute atomic E-state index is 12.4. The van der Waals surface area contributed by atoms with Gasteiger partial charge in [-0.2, -0.15) is 0 Å². The molecule has 1 atom stereocenters. The van der Waals surface area contributed by atoms with E-state index in [9.17, 15) is 4.79 Å². The molecule has 1 aliphatic rings.